The van der Waals surface area contributed by atoms with Crippen molar-refractivity contribution in [2.24, 2.45) is 0 Å². The Balaban J connectivity index is 1.38. The Morgan fingerprint density at radius 1 is 1.28 bits per heavy atom. The quantitative estimate of drug-likeness (QED) is 0.718. The number of aromatic nitrogens is 2. The van der Waals surface area contributed by atoms with Crippen LogP contribution in [-0.4, -0.2) is 58.0 Å². The second kappa shape index (κ2) is 8.78. The lowest BCUT2D eigenvalue weighted by Gasteiger charge is -2.22. The van der Waals surface area contributed by atoms with E-state index in [1.165, 1.54) is 6.42 Å². The van der Waals surface area contributed by atoms with Crippen LogP contribution >= 0.6 is 0 Å². The molecule has 3 rings (SSSR count). The highest BCUT2D eigenvalue weighted by Gasteiger charge is 2.22. The molecule has 1 aliphatic heterocycles. The fraction of sp³-hybridized carbons (Fsp3) is 0.474. The fourth-order valence-electron chi connectivity index (χ4n) is 3.33. The first-order chi connectivity index (χ1) is 12.3. The third-order valence-electron chi connectivity index (χ3n) is 4.77. The van der Waals surface area contributed by atoms with Crippen molar-refractivity contribution >= 4 is 5.91 Å². The van der Waals surface area contributed by atoms with Crippen molar-refractivity contribution in [3.8, 4) is 5.69 Å². The minimum atomic E-state index is -0.0403. The molecule has 1 unspecified atom stereocenters. The molecule has 134 valence electrons. The molecule has 0 saturated carbocycles. The minimum absolute atomic E-state index is 0.0403. The van der Waals surface area contributed by atoms with Crippen molar-refractivity contribution in [2.45, 2.75) is 31.7 Å². The summed E-state index contributed by atoms with van der Waals surface area (Å²) in [6.07, 6.45) is 7.86. The van der Waals surface area contributed by atoms with Gasteiger partial charge in [-0.25, -0.2) is 4.68 Å². The first kappa shape index (κ1) is 17.6. The van der Waals surface area contributed by atoms with Crippen molar-refractivity contribution in [1.82, 2.24) is 20.0 Å². The van der Waals surface area contributed by atoms with Crippen LogP contribution in [0.15, 0.2) is 42.7 Å². The lowest BCUT2D eigenvalue weighted by atomic mass is 10.2. The molecule has 0 spiro atoms. The van der Waals surface area contributed by atoms with E-state index in [1.807, 2.05) is 36.5 Å². The Labute approximate surface area is 148 Å². The molecule has 0 aliphatic carbocycles. The van der Waals surface area contributed by atoms with E-state index in [4.69, 9.17) is 0 Å². The highest BCUT2D eigenvalue weighted by molar-refractivity contribution is 5.94. The number of hydrogen-bond acceptors (Lipinski definition) is 4. The number of carbonyl (C=O) groups is 1. The number of hydrogen-bond donors (Lipinski definition) is 2. The molecule has 1 aromatic carbocycles. The van der Waals surface area contributed by atoms with Gasteiger partial charge in [-0.3, -0.25) is 9.69 Å². The number of carbonyl (C=O) groups excluding carboxylic acids is 1. The molecule has 1 saturated heterocycles. The summed E-state index contributed by atoms with van der Waals surface area (Å²) < 4.78 is 1.76. The van der Waals surface area contributed by atoms with Gasteiger partial charge in [-0.15, -0.1) is 0 Å². The van der Waals surface area contributed by atoms with Gasteiger partial charge in [-0.2, -0.15) is 5.10 Å². The van der Waals surface area contributed by atoms with Gasteiger partial charge < -0.3 is 10.4 Å². The van der Waals surface area contributed by atoms with Gasteiger partial charge in [0.1, 0.15) is 0 Å². The molecule has 6 nitrogen and oxygen atoms in total. The molecule has 1 amide bonds. The number of amides is 1. The highest BCUT2D eigenvalue weighted by atomic mass is 16.3. The minimum Gasteiger partial charge on any atom is -0.395 e. The summed E-state index contributed by atoms with van der Waals surface area (Å²) in [7, 11) is 0. The maximum Gasteiger partial charge on any atom is 0.251 e. The normalized spacial score (nSPS) is 17.7. The van der Waals surface area contributed by atoms with Crippen LogP contribution in [0.1, 0.15) is 36.0 Å². The predicted octanol–water partition coefficient (Wildman–Crippen LogP) is 1.84. The molecule has 2 N–H and O–H groups in total. The molecule has 0 bridgehead atoms. The zero-order valence-electron chi connectivity index (χ0n) is 14.5. The van der Waals surface area contributed by atoms with Crippen LogP contribution in [0.5, 0.6) is 0 Å². The molecule has 6 heteroatoms. The maximum atomic E-state index is 12.2. The number of unbranched alkanes of at least 4 members (excludes halogenated alkanes) is 1. The topological polar surface area (TPSA) is 70.4 Å². The molecule has 0 radical (unpaired) electrons. The smallest absolute Gasteiger partial charge is 0.251 e. The second-order valence-corrected chi connectivity index (χ2v) is 6.48. The van der Waals surface area contributed by atoms with E-state index in [1.54, 1.807) is 10.9 Å². The lowest BCUT2D eigenvalue weighted by molar-refractivity contribution is 0.0952. The van der Waals surface area contributed by atoms with Crippen LogP contribution in [0.4, 0.5) is 0 Å². The van der Waals surface area contributed by atoms with E-state index in [0.717, 1.165) is 38.0 Å². The summed E-state index contributed by atoms with van der Waals surface area (Å²) in [6.45, 7) is 3.02. The molecular weight excluding hydrogens is 316 g/mol. The standard InChI is InChI=1S/C19H26N4O2/c24-15-18-5-3-13-22(18)12-2-1-10-20-19(25)16-6-8-17(9-7-16)23-14-4-11-21-23/h4,6-9,11,14,18,24H,1-3,5,10,12-13,15H2,(H,20,25). The van der Waals surface area contributed by atoms with Crippen molar-refractivity contribution in [2.75, 3.05) is 26.2 Å². The Bertz CT molecular complexity index is 655. The molecule has 1 aromatic heterocycles. The Morgan fingerprint density at radius 2 is 2.12 bits per heavy atom. The summed E-state index contributed by atoms with van der Waals surface area (Å²) in [4.78, 5) is 14.5. The van der Waals surface area contributed by atoms with E-state index >= 15 is 0 Å². The SMILES string of the molecule is O=C(NCCCCN1CCCC1CO)c1ccc(-n2cccn2)cc1. The van der Waals surface area contributed by atoms with Gasteiger partial charge in [-0.05, 0) is 69.1 Å². The zero-order valence-corrected chi connectivity index (χ0v) is 14.5. The summed E-state index contributed by atoms with van der Waals surface area (Å²) >= 11 is 0. The summed E-state index contributed by atoms with van der Waals surface area (Å²) in [6, 6.07) is 9.63. The van der Waals surface area contributed by atoms with Crippen LogP contribution in [0.2, 0.25) is 0 Å². The Morgan fingerprint density at radius 3 is 2.84 bits per heavy atom. The van der Waals surface area contributed by atoms with Crippen molar-refractivity contribution < 1.29 is 9.90 Å². The van der Waals surface area contributed by atoms with Gasteiger partial charge >= 0.3 is 0 Å². The average Bonchev–Trinajstić information content (AvgIpc) is 3.33. The van der Waals surface area contributed by atoms with Gasteiger partial charge in [-0.1, -0.05) is 0 Å². The van der Waals surface area contributed by atoms with E-state index in [-0.39, 0.29) is 12.5 Å². The molecule has 25 heavy (non-hydrogen) atoms. The third kappa shape index (κ3) is 4.67. The molecule has 1 fully saturated rings. The lowest BCUT2D eigenvalue weighted by Crippen LogP contribution is -2.33. The number of aliphatic hydroxyl groups is 1. The summed E-state index contributed by atoms with van der Waals surface area (Å²) in [5.74, 6) is -0.0403. The zero-order chi connectivity index (χ0) is 17.5. The molecule has 2 aromatic rings. The highest BCUT2D eigenvalue weighted by Crippen LogP contribution is 2.16. The Hall–Kier alpha value is -2.18. The van der Waals surface area contributed by atoms with Crippen LogP contribution in [0.3, 0.4) is 0 Å². The van der Waals surface area contributed by atoms with Crippen LogP contribution in [0.25, 0.3) is 5.69 Å². The van der Waals surface area contributed by atoms with E-state index in [0.29, 0.717) is 18.2 Å². The molecule has 2 heterocycles. The van der Waals surface area contributed by atoms with E-state index < -0.39 is 0 Å². The molecular formula is C19H26N4O2. The van der Waals surface area contributed by atoms with Crippen molar-refractivity contribution in [3.05, 3.63) is 48.3 Å². The maximum absolute atomic E-state index is 12.2. The van der Waals surface area contributed by atoms with Crippen molar-refractivity contribution in [1.29, 1.82) is 0 Å². The predicted molar refractivity (Wildman–Crippen MR) is 96.8 cm³/mol. The van der Waals surface area contributed by atoms with Gasteiger partial charge in [0, 0.05) is 30.5 Å². The average molecular weight is 342 g/mol. The number of benzene rings is 1. The number of nitrogens with zero attached hydrogens (tertiary/aromatic N) is 3. The second-order valence-electron chi connectivity index (χ2n) is 6.48. The van der Waals surface area contributed by atoms with Gasteiger partial charge in [0.15, 0.2) is 0 Å². The number of likely N-dealkylation sites (tertiary alicyclic amines) is 1. The fourth-order valence-corrected chi connectivity index (χ4v) is 3.33. The molecule has 1 atom stereocenters. The van der Waals surface area contributed by atoms with Crippen LogP contribution < -0.4 is 5.32 Å². The van der Waals surface area contributed by atoms with Gasteiger partial charge in [0.25, 0.3) is 5.91 Å². The van der Waals surface area contributed by atoms with E-state index in [9.17, 15) is 9.90 Å². The third-order valence-corrected chi connectivity index (χ3v) is 4.77. The van der Waals surface area contributed by atoms with Crippen LogP contribution in [0, 0.1) is 0 Å². The molecule has 1 aliphatic rings. The summed E-state index contributed by atoms with van der Waals surface area (Å²) in [5, 5.41) is 16.5. The largest absolute Gasteiger partial charge is 0.395 e. The number of aliphatic hydroxyl groups excluding tert-OH is 1. The first-order valence-corrected chi connectivity index (χ1v) is 9.01. The van der Waals surface area contributed by atoms with Gasteiger partial charge in [0.2, 0.25) is 0 Å². The number of rotatable bonds is 8. The monoisotopic (exact) mass is 342 g/mol. The van der Waals surface area contributed by atoms with Crippen molar-refractivity contribution in [3.63, 3.8) is 0 Å². The van der Waals surface area contributed by atoms with Gasteiger partial charge in [0.05, 0.1) is 12.3 Å². The van der Waals surface area contributed by atoms with Crippen LogP contribution in [-0.2, 0) is 0 Å². The Kier molecular flexibility index (Phi) is 6.19. The first-order valence-electron chi connectivity index (χ1n) is 9.01. The number of nitrogens with one attached hydrogen (secondary N) is 1. The van der Waals surface area contributed by atoms with E-state index in [2.05, 4.69) is 15.3 Å². The summed E-state index contributed by atoms with van der Waals surface area (Å²) in [5.41, 5.74) is 1.60.